The van der Waals surface area contributed by atoms with Gasteiger partial charge in [0, 0.05) is 17.6 Å². The van der Waals surface area contributed by atoms with E-state index in [1.54, 1.807) is 0 Å². The summed E-state index contributed by atoms with van der Waals surface area (Å²) in [5, 5.41) is 0.603. The van der Waals surface area contributed by atoms with Crippen LogP contribution < -0.4 is 0 Å². The van der Waals surface area contributed by atoms with Crippen LogP contribution >= 0.6 is 11.8 Å². The Morgan fingerprint density at radius 1 is 1.25 bits per heavy atom. The zero-order valence-corrected chi connectivity index (χ0v) is 12.0. The van der Waals surface area contributed by atoms with Gasteiger partial charge in [-0.25, -0.2) is 0 Å². The summed E-state index contributed by atoms with van der Waals surface area (Å²) in [6.07, 6.45) is 4.88. The molecule has 1 atom stereocenters. The second-order valence-corrected chi connectivity index (χ2v) is 7.05. The Kier molecular flexibility index (Phi) is 5.88. The highest BCUT2D eigenvalue weighted by Gasteiger charge is 2.29. The van der Waals surface area contributed by atoms with Crippen molar-refractivity contribution in [2.24, 2.45) is 17.8 Å². The molecule has 0 amide bonds. The Morgan fingerprint density at radius 3 is 2.25 bits per heavy atom. The normalized spacial score (nSPS) is 18.9. The molecule has 2 heteroatoms. The molecular weight excluding hydrogens is 216 g/mol. The van der Waals surface area contributed by atoms with Crippen LogP contribution in [0.15, 0.2) is 0 Å². The SMILES string of the molecule is CC(C)CSC(CC(=O)C(C)C)C1CCC1. The summed E-state index contributed by atoms with van der Waals surface area (Å²) in [5.74, 6) is 3.43. The molecule has 1 saturated carbocycles. The average Bonchev–Trinajstić information content (AvgIpc) is 2.10. The highest BCUT2D eigenvalue weighted by atomic mass is 32.2. The van der Waals surface area contributed by atoms with E-state index in [2.05, 4.69) is 13.8 Å². The van der Waals surface area contributed by atoms with E-state index < -0.39 is 0 Å². The number of hydrogen-bond acceptors (Lipinski definition) is 2. The fraction of sp³-hybridized carbons (Fsp3) is 0.929. The molecule has 1 nitrogen and oxygen atoms in total. The Hall–Kier alpha value is 0.0200. The average molecular weight is 242 g/mol. The number of rotatable bonds is 7. The van der Waals surface area contributed by atoms with Crippen LogP contribution in [0.3, 0.4) is 0 Å². The van der Waals surface area contributed by atoms with E-state index in [9.17, 15) is 4.79 Å². The fourth-order valence-corrected chi connectivity index (χ4v) is 3.38. The van der Waals surface area contributed by atoms with E-state index in [-0.39, 0.29) is 5.92 Å². The van der Waals surface area contributed by atoms with Crippen molar-refractivity contribution in [1.82, 2.24) is 0 Å². The van der Waals surface area contributed by atoms with E-state index in [1.165, 1.54) is 25.0 Å². The van der Waals surface area contributed by atoms with Crippen LogP contribution in [0.5, 0.6) is 0 Å². The maximum absolute atomic E-state index is 11.8. The molecule has 1 fully saturated rings. The van der Waals surface area contributed by atoms with Crippen LogP contribution in [0.4, 0.5) is 0 Å². The Labute approximate surface area is 105 Å². The van der Waals surface area contributed by atoms with Gasteiger partial charge >= 0.3 is 0 Å². The second-order valence-electron chi connectivity index (χ2n) is 5.78. The molecular formula is C14H26OS. The number of ketones is 1. The molecule has 1 rings (SSSR count). The van der Waals surface area contributed by atoms with E-state index in [4.69, 9.17) is 0 Å². The molecule has 0 radical (unpaired) electrons. The van der Waals surface area contributed by atoms with Gasteiger partial charge in [0.1, 0.15) is 5.78 Å². The lowest BCUT2D eigenvalue weighted by Gasteiger charge is -2.33. The first kappa shape index (κ1) is 14.1. The van der Waals surface area contributed by atoms with Gasteiger partial charge in [-0.05, 0) is 30.4 Å². The predicted octanol–water partition coefficient (Wildman–Crippen LogP) is 4.16. The Balaban J connectivity index is 2.40. The topological polar surface area (TPSA) is 17.1 Å². The van der Waals surface area contributed by atoms with Crippen molar-refractivity contribution in [2.45, 2.75) is 58.6 Å². The van der Waals surface area contributed by atoms with Crippen LogP contribution in [-0.4, -0.2) is 16.8 Å². The monoisotopic (exact) mass is 242 g/mol. The largest absolute Gasteiger partial charge is 0.299 e. The molecule has 0 saturated heterocycles. The van der Waals surface area contributed by atoms with Gasteiger partial charge in [-0.1, -0.05) is 34.1 Å². The second kappa shape index (κ2) is 6.68. The maximum atomic E-state index is 11.8. The molecule has 0 spiro atoms. The summed E-state index contributed by atoms with van der Waals surface area (Å²) in [7, 11) is 0. The third-order valence-electron chi connectivity index (χ3n) is 3.37. The van der Waals surface area contributed by atoms with E-state index in [0.29, 0.717) is 11.0 Å². The summed E-state index contributed by atoms with van der Waals surface area (Å²) >= 11 is 2.04. The molecule has 0 aliphatic heterocycles. The molecule has 1 unspecified atom stereocenters. The van der Waals surface area contributed by atoms with Crippen LogP contribution in [0.1, 0.15) is 53.4 Å². The molecule has 1 aliphatic rings. The van der Waals surface area contributed by atoms with E-state index in [0.717, 1.165) is 18.3 Å². The number of Topliss-reactive ketones (excluding diaryl/α,β-unsaturated/α-hetero) is 1. The molecule has 16 heavy (non-hydrogen) atoms. The lowest BCUT2D eigenvalue weighted by Crippen LogP contribution is -2.28. The lowest BCUT2D eigenvalue weighted by molar-refractivity contribution is -0.122. The fourth-order valence-electron chi connectivity index (χ4n) is 1.92. The number of thioether (sulfide) groups is 1. The molecule has 0 aromatic rings. The van der Waals surface area contributed by atoms with Crippen LogP contribution in [-0.2, 0) is 4.79 Å². The molecule has 1 aliphatic carbocycles. The lowest BCUT2D eigenvalue weighted by atomic mass is 9.80. The molecule has 0 aromatic carbocycles. The van der Waals surface area contributed by atoms with E-state index in [1.807, 2.05) is 25.6 Å². The molecule has 0 heterocycles. The number of carbonyl (C=O) groups is 1. The zero-order valence-electron chi connectivity index (χ0n) is 11.2. The van der Waals surface area contributed by atoms with Crippen LogP contribution in [0.25, 0.3) is 0 Å². The summed E-state index contributed by atoms with van der Waals surface area (Å²) in [5.41, 5.74) is 0. The number of carbonyl (C=O) groups excluding carboxylic acids is 1. The van der Waals surface area contributed by atoms with Crippen molar-refractivity contribution in [2.75, 3.05) is 5.75 Å². The first-order valence-corrected chi connectivity index (χ1v) is 7.70. The maximum Gasteiger partial charge on any atom is 0.136 e. The minimum absolute atomic E-state index is 0.210. The first-order valence-electron chi connectivity index (χ1n) is 6.65. The summed E-state index contributed by atoms with van der Waals surface area (Å²) in [6, 6.07) is 0. The minimum Gasteiger partial charge on any atom is -0.299 e. The van der Waals surface area contributed by atoms with Crippen molar-refractivity contribution >= 4 is 17.5 Å². The highest BCUT2D eigenvalue weighted by molar-refractivity contribution is 7.99. The van der Waals surface area contributed by atoms with Gasteiger partial charge < -0.3 is 0 Å². The molecule has 0 bridgehead atoms. The van der Waals surface area contributed by atoms with Crippen molar-refractivity contribution in [1.29, 1.82) is 0 Å². The smallest absolute Gasteiger partial charge is 0.136 e. The summed E-state index contributed by atoms with van der Waals surface area (Å²) in [6.45, 7) is 8.56. The van der Waals surface area contributed by atoms with Crippen molar-refractivity contribution in [3.8, 4) is 0 Å². The highest BCUT2D eigenvalue weighted by Crippen LogP contribution is 2.38. The first-order chi connectivity index (χ1) is 7.50. The molecule has 0 N–H and O–H groups in total. The standard InChI is InChI=1S/C14H26OS/c1-10(2)9-16-14(12-6-5-7-12)8-13(15)11(3)4/h10-12,14H,5-9H2,1-4H3. The number of hydrogen-bond donors (Lipinski definition) is 0. The van der Waals surface area contributed by atoms with E-state index >= 15 is 0 Å². The van der Waals surface area contributed by atoms with Gasteiger partial charge in [0.2, 0.25) is 0 Å². The molecule has 94 valence electrons. The minimum atomic E-state index is 0.210. The van der Waals surface area contributed by atoms with Gasteiger partial charge in [0.05, 0.1) is 0 Å². The van der Waals surface area contributed by atoms with Crippen molar-refractivity contribution in [3.05, 3.63) is 0 Å². The van der Waals surface area contributed by atoms with Crippen LogP contribution in [0.2, 0.25) is 0 Å². The quantitative estimate of drug-likeness (QED) is 0.667. The summed E-state index contributed by atoms with van der Waals surface area (Å²) < 4.78 is 0. The predicted molar refractivity (Wildman–Crippen MR) is 72.9 cm³/mol. The third-order valence-corrected chi connectivity index (χ3v) is 5.20. The Morgan fingerprint density at radius 2 is 1.88 bits per heavy atom. The van der Waals surface area contributed by atoms with Gasteiger partial charge in [0.15, 0.2) is 0 Å². The zero-order chi connectivity index (χ0) is 12.1. The van der Waals surface area contributed by atoms with Crippen molar-refractivity contribution in [3.63, 3.8) is 0 Å². The summed E-state index contributed by atoms with van der Waals surface area (Å²) in [4.78, 5) is 11.8. The Bertz CT molecular complexity index is 219. The van der Waals surface area contributed by atoms with Crippen LogP contribution in [0, 0.1) is 17.8 Å². The van der Waals surface area contributed by atoms with Gasteiger partial charge in [-0.3, -0.25) is 4.79 Å². The third kappa shape index (κ3) is 4.48. The van der Waals surface area contributed by atoms with Crippen molar-refractivity contribution < 1.29 is 4.79 Å². The van der Waals surface area contributed by atoms with Gasteiger partial charge in [-0.15, -0.1) is 0 Å². The molecule has 0 aromatic heterocycles. The van der Waals surface area contributed by atoms with Gasteiger partial charge in [-0.2, -0.15) is 11.8 Å². The van der Waals surface area contributed by atoms with Gasteiger partial charge in [0.25, 0.3) is 0 Å².